The highest BCUT2D eigenvalue weighted by atomic mass is 35.5. The summed E-state index contributed by atoms with van der Waals surface area (Å²) >= 11 is 0. The Labute approximate surface area is 118 Å². The van der Waals surface area contributed by atoms with Crippen LogP contribution >= 0.6 is 12.4 Å². The smallest absolute Gasteiger partial charge is 0.241 e. The maximum Gasteiger partial charge on any atom is 0.241 e. The first-order valence-corrected chi connectivity index (χ1v) is 5.85. The predicted octanol–water partition coefficient (Wildman–Crippen LogP) is 1.97. The minimum absolute atomic E-state index is 0. The molecule has 0 unspecified atom stereocenters. The van der Waals surface area contributed by atoms with Crippen LogP contribution < -0.4 is 11.1 Å². The number of halogens is 1. The van der Waals surface area contributed by atoms with E-state index in [4.69, 9.17) is 5.73 Å². The average molecular weight is 281 g/mol. The van der Waals surface area contributed by atoms with E-state index in [0.717, 1.165) is 11.0 Å². The number of carbonyl (C=O) groups excluding carboxylic acids is 1. The van der Waals surface area contributed by atoms with Gasteiger partial charge in [0.15, 0.2) is 0 Å². The molecule has 0 aliphatic rings. The molecule has 0 bridgehead atoms. The van der Waals surface area contributed by atoms with E-state index in [1.807, 2.05) is 19.9 Å². The first kappa shape index (κ1) is 15.3. The molecule has 19 heavy (non-hydrogen) atoms. The standard InChI is InChI=1S/C13H16N4O.ClH/c1-8(2)12(14)13(18)17-9-3-4-10-11(7-9)16-6-5-15-10;/h3-8,12H,14H2,1-2H3,(H,17,18);1H/t12-;/m0./s1. The van der Waals surface area contributed by atoms with Crippen LogP contribution in [0.5, 0.6) is 0 Å². The van der Waals surface area contributed by atoms with Crippen LogP contribution in [0.25, 0.3) is 11.0 Å². The summed E-state index contributed by atoms with van der Waals surface area (Å²) in [5, 5.41) is 2.78. The normalized spacial score (nSPS) is 12.0. The molecule has 1 aromatic heterocycles. The molecular weight excluding hydrogens is 264 g/mol. The van der Waals surface area contributed by atoms with Crippen molar-refractivity contribution in [1.29, 1.82) is 0 Å². The number of hydrogen-bond acceptors (Lipinski definition) is 4. The second-order valence-corrected chi connectivity index (χ2v) is 4.52. The van der Waals surface area contributed by atoms with Crippen molar-refractivity contribution in [3.8, 4) is 0 Å². The topological polar surface area (TPSA) is 80.9 Å². The van der Waals surface area contributed by atoms with Crippen LogP contribution in [0, 0.1) is 5.92 Å². The number of benzene rings is 1. The predicted molar refractivity (Wildman–Crippen MR) is 78.2 cm³/mol. The molecule has 0 fully saturated rings. The van der Waals surface area contributed by atoms with E-state index < -0.39 is 6.04 Å². The fourth-order valence-corrected chi connectivity index (χ4v) is 1.57. The van der Waals surface area contributed by atoms with Gasteiger partial charge >= 0.3 is 0 Å². The fourth-order valence-electron chi connectivity index (χ4n) is 1.57. The quantitative estimate of drug-likeness (QED) is 0.901. The lowest BCUT2D eigenvalue weighted by molar-refractivity contribution is -0.118. The van der Waals surface area contributed by atoms with Gasteiger partial charge in [-0.15, -0.1) is 12.4 Å². The summed E-state index contributed by atoms with van der Waals surface area (Å²) in [5.74, 6) is -0.0847. The van der Waals surface area contributed by atoms with Gasteiger partial charge in [-0.05, 0) is 24.1 Å². The summed E-state index contributed by atoms with van der Waals surface area (Å²) in [6.07, 6.45) is 3.25. The number of aromatic nitrogens is 2. The molecule has 6 heteroatoms. The Morgan fingerprint density at radius 1 is 1.21 bits per heavy atom. The molecule has 0 spiro atoms. The minimum atomic E-state index is -0.512. The molecule has 0 saturated heterocycles. The summed E-state index contributed by atoms with van der Waals surface area (Å²) in [7, 11) is 0. The molecule has 0 radical (unpaired) electrons. The Kier molecular flexibility index (Phi) is 5.20. The number of amides is 1. The number of nitrogens with two attached hydrogens (primary N) is 1. The molecule has 0 aliphatic heterocycles. The van der Waals surface area contributed by atoms with E-state index in [9.17, 15) is 4.79 Å². The van der Waals surface area contributed by atoms with Crippen LogP contribution in [0.1, 0.15) is 13.8 Å². The Morgan fingerprint density at radius 3 is 2.47 bits per heavy atom. The molecule has 2 aromatic rings. The third kappa shape index (κ3) is 3.62. The van der Waals surface area contributed by atoms with Gasteiger partial charge in [0, 0.05) is 18.1 Å². The van der Waals surface area contributed by atoms with Crippen LogP contribution in [-0.2, 0) is 4.79 Å². The van der Waals surface area contributed by atoms with Gasteiger partial charge in [-0.25, -0.2) is 0 Å². The van der Waals surface area contributed by atoms with Gasteiger partial charge in [0.25, 0.3) is 0 Å². The first-order chi connectivity index (χ1) is 8.58. The van der Waals surface area contributed by atoms with Gasteiger partial charge in [-0.2, -0.15) is 0 Å². The molecule has 3 N–H and O–H groups in total. The first-order valence-electron chi connectivity index (χ1n) is 5.85. The van der Waals surface area contributed by atoms with Gasteiger partial charge in [-0.3, -0.25) is 14.8 Å². The van der Waals surface area contributed by atoms with Gasteiger partial charge in [0.2, 0.25) is 5.91 Å². The SMILES string of the molecule is CC(C)[C@H](N)C(=O)Nc1ccc2nccnc2c1.Cl. The lowest BCUT2D eigenvalue weighted by Crippen LogP contribution is -2.39. The molecule has 0 aliphatic carbocycles. The van der Waals surface area contributed by atoms with Crippen LogP contribution in [0.3, 0.4) is 0 Å². The number of nitrogens with one attached hydrogen (secondary N) is 1. The molecule has 1 amide bonds. The van der Waals surface area contributed by atoms with Gasteiger partial charge in [-0.1, -0.05) is 13.8 Å². The molecule has 1 heterocycles. The highest BCUT2D eigenvalue weighted by Gasteiger charge is 2.17. The highest BCUT2D eigenvalue weighted by molar-refractivity contribution is 5.96. The van der Waals surface area contributed by atoms with Crippen molar-refractivity contribution >= 4 is 35.0 Å². The van der Waals surface area contributed by atoms with Crippen molar-refractivity contribution < 1.29 is 4.79 Å². The molecule has 1 atom stereocenters. The number of anilines is 1. The molecule has 1 aromatic carbocycles. The number of carbonyl (C=O) groups is 1. The van der Waals surface area contributed by atoms with Crippen molar-refractivity contribution in [2.24, 2.45) is 11.7 Å². The Bertz CT molecular complexity index is 573. The largest absolute Gasteiger partial charge is 0.325 e. The third-order valence-electron chi connectivity index (χ3n) is 2.76. The van der Waals surface area contributed by atoms with Crippen molar-refractivity contribution in [2.75, 3.05) is 5.32 Å². The van der Waals surface area contributed by atoms with Crippen LogP contribution in [0.15, 0.2) is 30.6 Å². The van der Waals surface area contributed by atoms with E-state index >= 15 is 0 Å². The van der Waals surface area contributed by atoms with Crippen molar-refractivity contribution in [1.82, 2.24) is 9.97 Å². The molecule has 2 rings (SSSR count). The average Bonchev–Trinajstić information content (AvgIpc) is 2.37. The molecular formula is C13H17ClN4O. The van der Waals surface area contributed by atoms with Crippen LogP contribution in [-0.4, -0.2) is 21.9 Å². The summed E-state index contributed by atoms with van der Waals surface area (Å²) in [6, 6.07) is 4.89. The van der Waals surface area contributed by atoms with Crippen molar-refractivity contribution in [3.05, 3.63) is 30.6 Å². The summed E-state index contributed by atoms with van der Waals surface area (Å²) < 4.78 is 0. The highest BCUT2D eigenvalue weighted by Crippen LogP contribution is 2.15. The van der Waals surface area contributed by atoms with E-state index in [1.54, 1.807) is 24.5 Å². The van der Waals surface area contributed by atoms with Crippen molar-refractivity contribution in [3.63, 3.8) is 0 Å². The van der Waals surface area contributed by atoms with E-state index in [-0.39, 0.29) is 24.2 Å². The van der Waals surface area contributed by atoms with Gasteiger partial charge in [0.05, 0.1) is 17.1 Å². The summed E-state index contributed by atoms with van der Waals surface area (Å²) in [6.45, 7) is 3.83. The minimum Gasteiger partial charge on any atom is -0.325 e. The maximum atomic E-state index is 11.8. The van der Waals surface area contributed by atoms with Crippen LogP contribution in [0.4, 0.5) is 5.69 Å². The zero-order valence-electron chi connectivity index (χ0n) is 10.8. The second-order valence-electron chi connectivity index (χ2n) is 4.52. The number of hydrogen-bond donors (Lipinski definition) is 2. The number of nitrogens with zero attached hydrogens (tertiary/aromatic N) is 2. The lowest BCUT2D eigenvalue weighted by atomic mass is 10.0. The lowest BCUT2D eigenvalue weighted by Gasteiger charge is -2.15. The monoisotopic (exact) mass is 280 g/mol. The Morgan fingerprint density at radius 2 is 1.84 bits per heavy atom. The zero-order valence-corrected chi connectivity index (χ0v) is 11.6. The van der Waals surface area contributed by atoms with E-state index in [0.29, 0.717) is 5.69 Å². The van der Waals surface area contributed by atoms with Crippen molar-refractivity contribution in [2.45, 2.75) is 19.9 Å². The summed E-state index contributed by atoms with van der Waals surface area (Å²) in [5.41, 5.74) is 8.00. The second kappa shape index (κ2) is 6.45. The molecule has 102 valence electrons. The Hall–Kier alpha value is -1.72. The zero-order chi connectivity index (χ0) is 13.1. The molecule has 0 saturated carbocycles. The summed E-state index contributed by atoms with van der Waals surface area (Å²) in [4.78, 5) is 20.2. The van der Waals surface area contributed by atoms with E-state index in [2.05, 4.69) is 15.3 Å². The van der Waals surface area contributed by atoms with Gasteiger partial charge < -0.3 is 11.1 Å². The number of fused-ring (bicyclic) bond motifs is 1. The Balaban J connectivity index is 0.00000180. The molecule has 5 nitrogen and oxygen atoms in total. The number of rotatable bonds is 3. The van der Waals surface area contributed by atoms with Gasteiger partial charge in [0.1, 0.15) is 0 Å². The third-order valence-corrected chi connectivity index (χ3v) is 2.76. The maximum absolute atomic E-state index is 11.8. The van der Waals surface area contributed by atoms with E-state index in [1.165, 1.54) is 0 Å². The van der Waals surface area contributed by atoms with Crippen LogP contribution in [0.2, 0.25) is 0 Å². The fraction of sp³-hybridized carbons (Fsp3) is 0.308.